The zero-order valence-corrected chi connectivity index (χ0v) is 7.16. The average molecular weight is 217 g/mol. The van der Waals surface area contributed by atoms with E-state index in [0.29, 0.717) is 0 Å². The van der Waals surface area contributed by atoms with E-state index in [1.54, 1.807) is 0 Å². The molecule has 0 spiro atoms. The lowest BCUT2D eigenvalue weighted by molar-refractivity contribution is 0.444. The van der Waals surface area contributed by atoms with Crippen molar-refractivity contribution < 1.29 is 13.2 Å². The number of hydrogen-bond donors (Lipinski definition) is 0. The number of nitriles is 2. The third-order valence-electron chi connectivity index (χ3n) is 1.49. The standard InChI is InChI=1S/C8ClF3N2/c9-5-3(1-13)6(10)8(12)7(11)4(5)2-14. The topological polar surface area (TPSA) is 47.6 Å². The Morgan fingerprint density at radius 1 is 0.857 bits per heavy atom. The molecule has 6 heteroatoms. The summed E-state index contributed by atoms with van der Waals surface area (Å²) in [6.45, 7) is 0. The van der Waals surface area contributed by atoms with E-state index in [4.69, 9.17) is 22.1 Å². The van der Waals surface area contributed by atoms with Crippen LogP contribution < -0.4 is 0 Å². The van der Waals surface area contributed by atoms with Gasteiger partial charge in [-0.3, -0.25) is 0 Å². The highest BCUT2D eigenvalue weighted by atomic mass is 35.5. The summed E-state index contributed by atoms with van der Waals surface area (Å²) in [5.41, 5.74) is -1.75. The Morgan fingerprint density at radius 2 is 1.21 bits per heavy atom. The molecule has 1 rings (SSSR count). The molecule has 0 heterocycles. The summed E-state index contributed by atoms with van der Waals surface area (Å²) in [4.78, 5) is 0. The first-order chi connectivity index (χ1) is 6.54. The van der Waals surface area contributed by atoms with Gasteiger partial charge in [0.25, 0.3) is 0 Å². The van der Waals surface area contributed by atoms with Crippen LogP contribution in [-0.2, 0) is 0 Å². The summed E-state index contributed by atoms with van der Waals surface area (Å²) in [6.07, 6.45) is 0. The first kappa shape index (κ1) is 10.4. The van der Waals surface area contributed by atoms with Crippen molar-refractivity contribution in [2.24, 2.45) is 0 Å². The molecule has 0 N–H and O–H groups in total. The number of nitrogens with zero attached hydrogens (tertiary/aromatic N) is 2. The molecule has 1 aromatic rings. The lowest BCUT2D eigenvalue weighted by Crippen LogP contribution is -2.00. The summed E-state index contributed by atoms with van der Waals surface area (Å²) >= 11 is 5.30. The highest BCUT2D eigenvalue weighted by Gasteiger charge is 2.23. The van der Waals surface area contributed by atoms with Crippen molar-refractivity contribution in [2.75, 3.05) is 0 Å². The first-order valence-corrected chi connectivity index (χ1v) is 3.58. The van der Waals surface area contributed by atoms with E-state index in [1.165, 1.54) is 12.1 Å². The smallest absolute Gasteiger partial charge is 0.197 e. The van der Waals surface area contributed by atoms with Gasteiger partial charge in [0.2, 0.25) is 0 Å². The van der Waals surface area contributed by atoms with Crippen LogP contribution in [0.25, 0.3) is 0 Å². The molecule has 0 amide bonds. The second-order valence-corrected chi connectivity index (χ2v) is 2.61. The Kier molecular flexibility index (Phi) is 2.64. The van der Waals surface area contributed by atoms with Crippen molar-refractivity contribution in [3.63, 3.8) is 0 Å². The summed E-state index contributed by atoms with van der Waals surface area (Å²) < 4.78 is 38.3. The van der Waals surface area contributed by atoms with Gasteiger partial charge in [-0.1, -0.05) is 11.6 Å². The second-order valence-electron chi connectivity index (χ2n) is 2.23. The Balaban J connectivity index is 3.78. The molecule has 0 bridgehead atoms. The van der Waals surface area contributed by atoms with Crippen LogP contribution in [0.4, 0.5) is 13.2 Å². The molecule has 0 saturated heterocycles. The quantitative estimate of drug-likeness (QED) is 0.494. The van der Waals surface area contributed by atoms with Crippen molar-refractivity contribution in [2.45, 2.75) is 0 Å². The summed E-state index contributed by atoms with van der Waals surface area (Å²) in [5, 5.41) is 16.0. The van der Waals surface area contributed by atoms with Gasteiger partial charge in [0.15, 0.2) is 17.5 Å². The molecule has 0 atom stereocenters. The van der Waals surface area contributed by atoms with E-state index in [0.717, 1.165) is 0 Å². The van der Waals surface area contributed by atoms with Crippen molar-refractivity contribution in [1.82, 2.24) is 0 Å². The molecule has 1 aromatic carbocycles. The van der Waals surface area contributed by atoms with Crippen LogP contribution in [-0.4, -0.2) is 0 Å². The third-order valence-corrected chi connectivity index (χ3v) is 1.86. The van der Waals surface area contributed by atoms with Crippen molar-refractivity contribution in [3.8, 4) is 12.1 Å². The van der Waals surface area contributed by atoms with Crippen LogP contribution in [0.5, 0.6) is 0 Å². The molecule has 2 nitrogen and oxygen atoms in total. The van der Waals surface area contributed by atoms with Gasteiger partial charge in [0.05, 0.1) is 5.02 Å². The van der Waals surface area contributed by atoms with Gasteiger partial charge in [0, 0.05) is 0 Å². The normalized spacial score (nSPS) is 9.29. The average Bonchev–Trinajstić information content (AvgIpc) is 2.16. The fourth-order valence-electron chi connectivity index (χ4n) is 0.830. The van der Waals surface area contributed by atoms with E-state index < -0.39 is 33.6 Å². The molecule has 14 heavy (non-hydrogen) atoms. The molecule has 0 aliphatic heterocycles. The van der Waals surface area contributed by atoms with Crippen molar-refractivity contribution in [3.05, 3.63) is 33.6 Å². The predicted octanol–water partition coefficient (Wildman–Crippen LogP) is 2.50. The van der Waals surface area contributed by atoms with Crippen LogP contribution >= 0.6 is 11.6 Å². The van der Waals surface area contributed by atoms with Gasteiger partial charge in [-0.25, -0.2) is 13.2 Å². The zero-order chi connectivity index (χ0) is 10.9. The van der Waals surface area contributed by atoms with Gasteiger partial charge in [-0.2, -0.15) is 10.5 Å². The van der Waals surface area contributed by atoms with Gasteiger partial charge < -0.3 is 0 Å². The predicted molar refractivity (Wildman–Crippen MR) is 40.8 cm³/mol. The van der Waals surface area contributed by atoms with E-state index in [-0.39, 0.29) is 0 Å². The van der Waals surface area contributed by atoms with E-state index in [1.807, 2.05) is 0 Å². The molecule has 0 aromatic heterocycles. The molecular weight excluding hydrogens is 217 g/mol. The molecule has 0 saturated carbocycles. The fraction of sp³-hybridized carbons (Fsp3) is 0. The summed E-state index contributed by atoms with van der Waals surface area (Å²) in [6, 6.07) is 2.48. The Hall–Kier alpha value is -1.72. The van der Waals surface area contributed by atoms with Gasteiger partial charge in [-0.05, 0) is 0 Å². The summed E-state index contributed by atoms with van der Waals surface area (Å²) in [5.74, 6) is -5.24. The van der Waals surface area contributed by atoms with E-state index >= 15 is 0 Å². The van der Waals surface area contributed by atoms with E-state index in [9.17, 15) is 13.2 Å². The fourth-order valence-corrected chi connectivity index (χ4v) is 1.08. The minimum absolute atomic E-state index is 0.716. The largest absolute Gasteiger partial charge is 0.202 e. The number of hydrogen-bond acceptors (Lipinski definition) is 2. The lowest BCUT2D eigenvalue weighted by atomic mass is 10.1. The van der Waals surface area contributed by atoms with Crippen LogP contribution in [0.3, 0.4) is 0 Å². The van der Waals surface area contributed by atoms with Crippen LogP contribution in [0.1, 0.15) is 11.1 Å². The molecule has 0 unspecified atom stereocenters. The Morgan fingerprint density at radius 3 is 1.50 bits per heavy atom. The molecule has 0 aliphatic rings. The van der Waals surface area contributed by atoms with Gasteiger partial charge in [0.1, 0.15) is 23.3 Å². The molecule has 0 fully saturated rings. The highest BCUT2D eigenvalue weighted by molar-refractivity contribution is 6.32. The zero-order valence-electron chi connectivity index (χ0n) is 6.41. The summed E-state index contributed by atoms with van der Waals surface area (Å²) in [7, 11) is 0. The van der Waals surface area contributed by atoms with E-state index in [2.05, 4.69) is 0 Å². The van der Waals surface area contributed by atoms with Crippen LogP contribution in [0, 0.1) is 40.1 Å². The molecule has 0 radical (unpaired) electrons. The Labute approximate surface area is 81.7 Å². The van der Waals surface area contributed by atoms with Crippen LogP contribution in [0.2, 0.25) is 5.02 Å². The monoisotopic (exact) mass is 216 g/mol. The van der Waals surface area contributed by atoms with Gasteiger partial charge in [-0.15, -0.1) is 0 Å². The highest BCUT2D eigenvalue weighted by Crippen LogP contribution is 2.28. The third kappa shape index (κ3) is 1.28. The lowest BCUT2D eigenvalue weighted by Gasteiger charge is -2.02. The second kappa shape index (κ2) is 3.57. The maximum atomic E-state index is 12.8. The van der Waals surface area contributed by atoms with Crippen molar-refractivity contribution in [1.29, 1.82) is 10.5 Å². The molecule has 70 valence electrons. The maximum absolute atomic E-state index is 12.8. The van der Waals surface area contributed by atoms with Crippen LogP contribution in [0.15, 0.2) is 0 Å². The number of benzene rings is 1. The minimum atomic E-state index is -1.87. The van der Waals surface area contributed by atoms with Crippen molar-refractivity contribution >= 4 is 11.6 Å². The SMILES string of the molecule is N#Cc1c(F)c(F)c(F)c(C#N)c1Cl. The Bertz CT molecular complexity index is 444. The number of rotatable bonds is 0. The number of halogens is 4. The van der Waals surface area contributed by atoms with Gasteiger partial charge >= 0.3 is 0 Å². The first-order valence-electron chi connectivity index (χ1n) is 3.20. The molecular formula is C8ClF3N2. The minimum Gasteiger partial charge on any atom is -0.202 e. The molecule has 0 aliphatic carbocycles. The maximum Gasteiger partial charge on any atom is 0.197 e.